The molecule has 0 bridgehead atoms. The van der Waals surface area contributed by atoms with Crippen molar-refractivity contribution in [3.63, 3.8) is 0 Å². The van der Waals surface area contributed by atoms with E-state index in [9.17, 15) is 9.90 Å². The first-order valence-corrected chi connectivity index (χ1v) is 9.48. The zero-order valence-electron chi connectivity index (χ0n) is 15.3. The van der Waals surface area contributed by atoms with Crippen LogP contribution in [0.2, 0.25) is 0 Å². The van der Waals surface area contributed by atoms with Gasteiger partial charge in [-0.25, -0.2) is 4.79 Å². The van der Waals surface area contributed by atoms with Crippen molar-refractivity contribution in [2.24, 2.45) is 0 Å². The molecule has 0 aromatic heterocycles. The molecule has 1 aliphatic carbocycles. The van der Waals surface area contributed by atoms with Crippen LogP contribution in [0, 0.1) is 0 Å². The van der Waals surface area contributed by atoms with Gasteiger partial charge in [0.05, 0.1) is 19.3 Å². The smallest absolute Gasteiger partial charge is 0.323 e. The van der Waals surface area contributed by atoms with Crippen LogP contribution in [0.25, 0.3) is 0 Å². The molecule has 6 heteroatoms. The highest BCUT2D eigenvalue weighted by Crippen LogP contribution is 2.28. The predicted molar refractivity (Wildman–Crippen MR) is 107 cm³/mol. The maximum atomic E-state index is 12.4. The zero-order valence-corrected chi connectivity index (χ0v) is 15.3. The van der Waals surface area contributed by atoms with E-state index in [-0.39, 0.29) is 12.1 Å². The van der Waals surface area contributed by atoms with Gasteiger partial charge in [0.1, 0.15) is 0 Å². The van der Waals surface area contributed by atoms with Crippen LogP contribution < -0.4 is 15.5 Å². The Morgan fingerprint density at radius 2 is 1.85 bits per heavy atom. The number of carbonyl (C=O) groups is 1. The number of hydrogen-bond acceptors (Lipinski definition) is 4. The monoisotopic (exact) mass is 367 g/mol. The summed E-state index contributed by atoms with van der Waals surface area (Å²) in [5.74, 6) is 0. The maximum Gasteiger partial charge on any atom is 0.323 e. The minimum absolute atomic E-state index is 0.275. The topological polar surface area (TPSA) is 73.8 Å². The number of urea groups is 1. The quantitative estimate of drug-likeness (QED) is 0.780. The summed E-state index contributed by atoms with van der Waals surface area (Å²) in [5, 5.41) is 15.8. The van der Waals surface area contributed by atoms with Crippen LogP contribution in [0.3, 0.4) is 0 Å². The standard InChI is InChI=1S/C21H25N3O3/c25-18-9-4-15-2-1-3-20(19(15)14-18)23-21(26)22-16-5-7-17(8-6-16)24-10-12-27-13-11-24/h1-3,5-8,18,25H,4,9-14H2,(H2,22,23,26). The Hall–Kier alpha value is -2.57. The van der Waals surface area contributed by atoms with Crippen LogP contribution in [0.4, 0.5) is 21.9 Å². The van der Waals surface area contributed by atoms with E-state index in [1.807, 2.05) is 36.4 Å². The number of aliphatic hydroxyl groups is 1. The lowest BCUT2D eigenvalue weighted by Gasteiger charge is -2.28. The van der Waals surface area contributed by atoms with Crippen molar-refractivity contribution in [3.8, 4) is 0 Å². The van der Waals surface area contributed by atoms with E-state index in [0.717, 1.165) is 61.8 Å². The molecule has 0 radical (unpaired) electrons. The largest absolute Gasteiger partial charge is 0.393 e. The SMILES string of the molecule is O=C(Nc1ccc(N2CCOCC2)cc1)Nc1cccc2c1CC(O)CC2. The molecule has 4 rings (SSSR count). The molecule has 142 valence electrons. The minimum Gasteiger partial charge on any atom is -0.393 e. The van der Waals surface area contributed by atoms with Gasteiger partial charge in [0, 0.05) is 36.6 Å². The second kappa shape index (κ2) is 7.98. The third-order valence-electron chi connectivity index (χ3n) is 5.21. The van der Waals surface area contributed by atoms with Crippen molar-refractivity contribution in [3.05, 3.63) is 53.6 Å². The molecule has 3 N–H and O–H groups in total. The van der Waals surface area contributed by atoms with Gasteiger partial charge in [-0.2, -0.15) is 0 Å². The first-order valence-electron chi connectivity index (χ1n) is 9.48. The van der Waals surface area contributed by atoms with E-state index < -0.39 is 0 Å². The van der Waals surface area contributed by atoms with E-state index in [0.29, 0.717) is 6.42 Å². The number of hydrogen-bond donors (Lipinski definition) is 3. The predicted octanol–water partition coefficient (Wildman–Crippen LogP) is 3.02. The molecule has 0 saturated carbocycles. The number of carbonyl (C=O) groups excluding carboxylic acids is 1. The maximum absolute atomic E-state index is 12.4. The summed E-state index contributed by atoms with van der Waals surface area (Å²) in [6.45, 7) is 3.27. The molecule has 2 aromatic rings. The Morgan fingerprint density at radius 3 is 2.63 bits per heavy atom. The van der Waals surface area contributed by atoms with Crippen molar-refractivity contribution in [2.45, 2.75) is 25.4 Å². The third-order valence-corrected chi connectivity index (χ3v) is 5.21. The first-order chi connectivity index (χ1) is 13.2. The van der Waals surface area contributed by atoms with Crippen LogP contribution in [-0.2, 0) is 17.6 Å². The van der Waals surface area contributed by atoms with Gasteiger partial charge in [-0.1, -0.05) is 12.1 Å². The number of benzene rings is 2. The molecule has 0 spiro atoms. The summed E-state index contributed by atoms with van der Waals surface area (Å²) in [6.07, 6.45) is 1.87. The number of ether oxygens (including phenoxy) is 1. The van der Waals surface area contributed by atoms with Gasteiger partial charge in [0.2, 0.25) is 0 Å². The molecule has 2 aromatic carbocycles. The Bertz CT molecular complexity index is 801. The molecule has 1 fully saturated rings. The summed E-state index contributed by atoms with van der Waals surface area (Å²) in [7, 11) is 0. The van der Waals surface area contributed by atoms with Crippen LogP contribution in [0.1, 0.15) is 17.5 Å². The van der Waals surface area contributed by atoms with Gasteiger partial charge in [0.25, 0.3) is 0 Å². The molecular weight excluding hydrogens is 342 g/mol. The average Bonchev–Trinajstić information content (AvgIpc) is 2.70. The summed E-state index contributed by atoms with van der Waals surface area (Å²) >= 11 is 0. The molecule has 2 aliphatic rings. The van der Waals surface area contributed by atoms with Crippen molar-refractivity contribution in [1.82, 2.24) is 0 Å². The number of aliphatic hydroxyl groups excluding tert-OH is 1. The molecule has 6 nitrogen and oxygen atoms in total. The van der Waals surface area contributed by atoms with E-state index >= 15 is 0 Å². The van der Waals surface area contributed by atoms with Crippen LogP contribution in [0.15, 0.2) is 42.5 Å². The number of aryl methyl sites for hydroxylation is 1. The van der Waals surface area contributed by atoms with Gasteiger partial charge in [-0.05, 0) is 54.3 Å². The van der Waals surface area contributed by atoms with Gasteiger partial charge in [-0.15, -0.1) is 0 Å². The normalized spacial score (nSPS) is 19.3. The molecule has 2 amide bonds. The molecule has 1 heterocycles. The summed E-state index contributed by atoms with van der Waals surface area (Å²) in [6, 6.07) is 13.5. The highest BCUT2D eigenvalue weighted by atomic mass is 16.5. The number of amides is 2. The molecular formula is C21H25N3O3. The second-order valence-electron chi connectivity index (χ2n) is 7.07. The van der Waals surface area contributed by atoms with E-state index in [2.05, 4.69) is 21.6 Å². The van der Waals surface area contributed by atoms with Crippen LogP contribution in [0.5, 0.6) is 0 Å². The number of fused-ring (bicyclic) bond motifs is 1. The zero-order chi connectivity index (χ0) is 18.6. The summed E-state index contributed by atoms with van der Waals surface area (Å²) < 4.78 is 5.38. The van der Waals surface area contributed by atoms with Crippen molar-refractivity contribution >= 4 is 23.1 Å². The number of morpholine rings is 1. The number of nitrogens with one attached hydrogen (secondary N) is 2. The Labute approximate surface area is 159 Å². The highest BCUT2D eigenvalue weighted by Gasteiger charge is 2.20. The van der Waals surface area contributed by atoms with Gasteiger partial charge in [-0.3, -0.25) is 0 Å². The van der Waals surface area contributed by atoms with Crippen LogP contribution in [-0.4, -0.2) is 43.5 Å². The summed E-state index contributed by atoms with van der Waals surface area (Å²) in [5.41, 5.74) is 4.89. The van der Waals surface area contributed by atoms with Crippen molar-refractivity contribution in [2.75, 3.05) is 41.8 Å². The van der Waals surface area contributed by atoms with Gasteiger partial charge >= 0.3 is 6.03 Å². The van der Waals surface area contributed by atoms with E-state index in [1.165, 1.54) is 5.56 Å². The molecule has 27 heavy (non-hydrogen) atoms. The Balaban J connectivity index is 1.40. The lowest BCUT2D eigenvalue weighted by Crippen LogP contribution is -2.36. The van der Waals surface area contributed by atoms with Crippen molar-refractivity contribution < 1.29 is 14.6 Å². The van der Waals surface area contributed by atoms with Gasteiger partial charge < -0.3 is 25.4 Å². The number of nitrogens with zero attached hydrogens (tertiary/aromatic N) is 1. The number of anilines is 3. The minimum atomic E-state index is -0.337. The fourth-order valence-corrected chi connectivity index (χ4v) is 3.75. The van der Waals surface area contributed by atoms with Crippen LogP contribution >= 0.6 is 0 Å². The Kier molecular flexibility index (Phi) is 5.27. The fourth-order valence-electron chi connectivity index (χ4n) is 3.75. The average molecular weight is 367 g/mol. The molecule has 1 unspecified atom stereocenters. The molecule has 1 atom stereocenters. The van der Waals surface area contributed by atoms with Crippen molar-refractivity contribution in [1.29, 1.82) is 0 Å². The molecule has 1 saturated heterocycles. The fraction of sp³-hybridized carbons (Fsp3) is 0.381. The number of rotatable bonds is 3. The lowest BCUT2D eigenvalue weighted by atomic mass is 9.88. The van der Waals surface area contributed by atoms with E-state index in [1.54, 1.807) is 0 Å². The third kappa shape index (κ3) is 4.23. The highest BCUT2D eigenvalue weighted by molar-refractivity contribution is 6.00. The van der Waals surface area contributed by atoms with E-state index in [4.69, 9.17) is 4.74 Å². The lowest BCUT2D eigenvalue weighted by molar-refractivity contribution is 0.122. The van der Waals surface area contributed by atoms with Gasteiger partial charge in [0.15, 0.2) is 0 Å². The second-order valence-corrected chi connectivity index (χ2v) is 7.07. The molecule has 1 aliphatic heterocycles. The summed E-state index contributed by atoms with van der Waals surface area (Å²) in [4.78, 5) is 14.7. The first kappa shape index (κ1) is 17.8. The Morgan fingerprint density at radius 1 is 1.07 bits per heavy atom.